The molecule has 3 nitrogen and oxygen atoms in total. The van der Waals surface area contributed by atoms with Crippen molar-refractivity contribution in [2.24, 2.45) is 0 Å². The molecule has 0 aromatic heterocycles. The van der Waals surface area contributed by atoms with Crippen LogP contribution in [-0.2, 0) is 6.54 Å². The summed E-state index contributed by atoms with van der Waals surface area (Å²) in [6, 6.07) is 6.09. The van der Waals surface area contributed by atoms with E-state index in [9.17, 15) is 5.11 Å². The normalized spacial score (nSPS) is 12.6. The molecule has 0 aliphatic carbocycles. The lowest BCUT2D eigenvalue weighted by atomic mass is 10.1. The fourth-order valence-corrected chi connectivity index (χ4v) is 2.09. The highest BCUT2D eigenvalue weighted by Crippen LogP contribution is 2.26. The summed E-state index contributed by atoms with van der Waals surface area (Å²) in [5.74, 6) is 0.814. The van der Waals surface area contributed by atoms with E-state index in [0.29, 0.717) is 13.0 Å². The third kappa shape index (κ3) is 7.27. The third-order valence-corrected chi connectivity index (χ3v) is 3.41. The summed E-state index contributed by atoms with van der Waals surface area (Å²) in [5.41, 5.74) is 0.624. The molecule has 1 rings (SSSR count). The third-order valence-electron chi connectivity index (χ3n) is 2.79. The van der Waals surface area contributed by atoms with Crippen LogP contribution in [0.3, 0.4) is 0 Å². The van der Waals surface area contributed by atoms with Crippen LogP contribution in [0.25, 0.3) is 0 Å². The Morgan fingerprint density at radius 3 is 2.35 bits per heavy atom. The van der Waals surface area contributed by atoms with Crippen molar-refractivity contribution in [3.63, 3.8) is 0 Å². The van der Waals surface area contributed by atoms with Crippen LogP contribution in [0, 0.1) is 0 Å². The topological polar surface area (TPSA) is 41.5 Å². The monoisotopic (exact) mass is 343 g/mol. The van der Waals surface area contributed by atoms with Crippen molar-refractivity contribution in [1.29, 1.82) is 0 Å². The van der Waals surface area contributed by atoms with Crippen LogP contribution in [-0.4, -0.2) is 22.9 Å². The quantitative estimate of drug-likeness (QED) is 0.823. The van der Waals surface area contributed by atoms with Crippen molar-refractivity contribution >= 4 is 15.9 Å². The van der Waals surface area contributed by atoms with E-state index in [4.69, 9.17) is 4.74 Å². The fraction of sp³-hybridized carbons (Fsp3) is 0.625. The van der Waals surface area contributed by atoms with Gasteiger partial charge >= 0.3 is 0 Å². The van der Waals surface area contributed by atoms with Gasteiger partial charge in [0.2, 0.25) is 0 Å². The number of hydrogen-bond acceptors (Lipinski definition) is 3. The molecule has 0 fully saturated rings. The Hall–Kier alpha value is -0.580. The first-order valence-corrected chi connectivity index (χ1v) is 7.75. The maximum atomic E-state index is 9.66. The Balaban J connectivity index is 2.55. The lowest BCUT2D eigenvalue weighted by Gasteiger charge is -2.21. The van der Waals surface area contributed by atoms with Crippen molar-refractivity contribution in [1.82, 2.24) is 5.32 Å². The molecule has 0 aliphatic rings. The maximum Gasteiger partial charge on any atom is 0.133 e. The van der Waals surface area contributed by atoms with Gasteiger partial charge in [-0.3, -0.25) is 0 Å². The summed E-state index contributed by atoms with van der Waals surface area (Å²) in [4.78, 5) is 0. The Kier molecular flexibility index (Phi) is 6.05. The average molecular weight is 344 g/mol. The molecule has 0 heterocycles. The summed E-state index contributed by atoms with van der Waals surface area (Å²) in [5, 5.41) is 13.1. The second-order valence-corrected chi connectivity index (χ2v) is 7.63. The summed E-state index contributed by atoms with van der Waals surface area (Å²) in [6.07, 6.45) is 0.604. The molecule has 114 valence electrons. The van der Waals surface area contributed by atoms with E-state index < -0.39 is 5.60 Å². The van der Waals surface area contributed by atoms with Gasteiger partial charge in [0.25, 0.3) is 0 Å². The van der Waals surface area contributed by atoms with Gasteiger partial charge in [0.05, 0.1) is 16.7 Å². The fourth-order valence-electron chi connectivity index (χ4n) is 1.55. The van der Waals surface area contributed by atoms with Crippen molar-refractivity contribution in [2.75, 3.05) is 6.61 Å². The number of benzene rings is 1. The molecule has 0 aliphatic heterocycles. The van der Waals surface area contributed by atoms with Crippen LogP contribution in [0.1, 0.15) is 46.6 Å². The van der Waals surface area contributed by atoms with E-state index in [1.165, 1.54) is 5.56 Å². The molecule has 4 heteroatoms. The molecular weight excluding hydrogens is 318 g/mol. The van der Waals surface area contributed by atoms with E-state index in [0.717, 1.165) is 16.8 Å². The van der Waals surface area contributed by atoms with Gasteiger partial charge in [-0.2, -0.15) is 0 Å². The van der Waals surface area contributed by atoms with E-state index in [-0.39, 0.29) is 5.54 Å². The predicted molar refractivity (Wildman–Crippen MR) is 87.1 cm³/mol. The number of halogens is 1. The van der Waals surface area contributed by atoms with Crippen LogP contribution < -0.4 is 10.1 Å². The lowest BCUT2D eigenvalue weighted by Crippen LogP contribution is -2.35. The SMILES string of the molecule is CC(C)(O)CCOc1ccc(CNC(C)(C)C)cc1Br. The van der Waals surface area contributed by atoms with Crippen LogP contribution in [0.2, 0.25) is 0 Å². The highest BCUT2D eigenvalue weighted by atomic mass is 79.9. The molecule has 1 aromatic carbocycles. The zero-order valence-corrected chi connectivity index (χ0v) is 14.7. The van der Waals surface area contributed by atoms with Crippen molar-refractivity contribution in [2.45, 2.75) is 58.7 Å². The largest absolute Gasteiger partial charge is 0.492 e. The van der Waals surface area contributed by atoms with Crippen molar-refractivity contribution in [3.8, 4) is 5.75 Å². The van der Waals surface area contributed by atoms with Gasteiger partial charge in [-0.05, 0) is 68.2 Å². The van der Waals surface area contributed by atoms with Gasteiger partial charge in [0.1, 0.15) is 5.75 Å². The standard InChI is InChI=1S/C16H26BrNO2/c1-15(2,3)18-11-12-6-7-14(13(17)10-12)20-9-8-16(4,5)19/h6-7,10,18-19H,8-9,11H2,1-5H3. The Bertz CT molecular complexity index is 433. The minimum atomic E-state index is -0.691. The Morgan fingerprint density at radius 1 is 1.20 bits per heavy atom. The number of rotatable bonds is 6. The first kappa shape index (κ1) is 17.5. The molecule has 0 amide bonds. The summed E-state index contributed by atoms with van der Waals surface area (Å²) in [7, 11) is 0. The Labute approximate surface area is 130 Å². The van der Waals surface area contributed by atoms with E-state index in [1.54, 1.807) is 13.8 Å². The average Bonchev–Trinajstić information content (AvgIpc) is 2.26. The number of nitrogens with one attached hydrogen (secondary N) is 1. The van der Waals surface area contributed by atoms with E-state index in [2.05, 4.69) is 54.2 Å². The zero-order chi connectivity index (χ0) is 15.4. The lowest BCUT2D eigenvalue weighted by molar-refractivity contribution is 0.0552. The van der Waals surface area contributed by atoms with Gasteiger partial charge in [-0.1, -0.05) is 6.07 Å². The van der Waals surface area contributed by atoms with Crippen LogP contribution in [0.15, 0.2) is 22.7 Å². The molecule has 0 saturated carbocycles. The minimum Gasteiger partial charge on any atom is -0.492 e. The van der Waals surface area contributed by atoms with Crippen LogP contribution in [0.5, 0.6) is 5.75 Å². The molecule has 0 radical (unpaired) electrons. The smallest absolute Gasteiger partial charge is 0.133 e. The van der Waals surface area contributed by atoms with E-state index >= 15 is 0 Å². The van der Waals surface area contributed by atoms with Gasteiger partial charge < -0.3 is 15.2 Å². The molecule has 0 atom stereocenters. The summed E-state index contributed by atoms with van der Waals surface area (Å²) < 4.78 is 6.63. The first-order valence-electron chi connectivity index (χ1n) is 6.95. The van der Waals surface area contributed by atoms with Gasteiger partial charge in [-0.15, -0.1) is 0 Å². The highest BCUT2D eigenvalue weighted by molar-refractivity contribution is 9.10. The van der Waals surface area contributed by atoms with Gasteiger partial charge in [0.15, 0.2) is 0 Å². The van der Waals surface area contributed by atoms with Crippen molar-refractivity contribution < 1.29 is 9.84 Å². The number of aliphatic hydroxyl groups is 1. The zero-order valence-electron chi connectivity index (χ0n) is 13.1. The molecular formula is C16H26BrNO2. The number of ether oxygens (including phenoxy) is 1. The molecule has 0 unspecified atom stereocenters. The Morgan fingerprint density at radius 2 is 1.85 bits per heavy atom. The molecule has 2 N–H and O–H groups in total. The predicted octanol–water partition coefficient (Wildman–Crippen LogP) is 3.88. The summed E-state index contributed by atoms with van der Waals surface area (Å²) >= 11 is 3.53. The van der Waals surface area contributed by atoms with Crippen LogP contribution in [0.4, 0.5) is 0 Å². The van der Waals surface area contributed by atoms with E-state index in [1.807, 2.05) is 6.07 Å². The van der Waals surface area contributed by atoms with Crippen molar-refractivity contribution in [3.05, 3.63) is 28.2 Å². The minimum absolute atomic E-state index is 0.106. The first-order chi connectivity index (χ1) is 9.07. The molecule has 20 heavy (non-hydrogen) atoms. The second-order valence-electron chi connectivity index (χ2n) is 6.78. The maximum absolute atomic E-state index is 9.66. The van der Waals surface area contributed by atoms with Crippen LogP contribution >= 0.6 is 15.9 Å². The molecule has 0 saturated heterocycles. The summed E-state index contributed by atoms with van der Waals surface area (Å²) in [6.45, 7) is 11.3. The molecule has 1 aromatic rings. The molecule has 0 spiro atoms. The highest BCUT2D eigenvalue weighted by Gasteiger charge is 2.13. The second kappa shape index (κ2) is 6.92. The van der Waals surface area contributed by atoms with Gasteiger partial charge in [0, 0.05) is 18.5 Å². The molecule has 0 bridgehead atoms. The van der Waals surface area contributed by atoms with Gasteiger partial charge in [-0.25, -0.2) is 0 Å². The number of hydrogen-bond donors (Lipinski definition) is 2.